The molecule has 4 aromatic carbocycles. The topological polar surface area (TPSA) is 12.9 Å². The number of halogens is 2. The normalized spacial score (nSPS) is 11.7. The fourth-order valence-corrected chi connectivity index (χ4v) is 4.93. The van der Waals surface area contributed by atoms with Gasteiger partial charge in [-0.1, -0.05) is 77.8 Å². The molecular formula is C27H15Cl2N. The maximum atomic E-state index is 6.22. The summed E-state index contributed by atoms with van der Waals surface area (Å²) < 4.78 is 0. The van der Waals surface area contributed by atoms with E-state index in [4.69, 9.17) is 28.2 Å². The molecule has 1 aromatic heterocycles. The Morgan fingerprint density at radius 2 is 1.17 bits per heavy atom. The number of hydrogen-bond acceptors (Lipinski definition) is 1. The summed E-state index contributed by atoms with van der Waals surface area (Å²) in [6.45, 7) is 0. The molecule has 1 nitrogen and oxygen atoms in total. The third-order valence-corrected chi connectivity index (χ3v) is 6.13. The zero-order chi connectivity index (χ0) is 20.2. The highest BCUT2D eigenvalue weighted by Gasteiger charge is 2.22. The second-order valence-electron chi connectivity index (χ2n) is 7.54. The van der Waals surface area contributed by atoms with E-state index in [1.807, 2.05) is 12.1 Å². The van der Waals surface area contributed by atoms with Crippen molar-refractivity contribution in [2.24, 2.45) is 0 Å². The van der Waals surface area contributed by atoms with Crippen molar-refractivity contribution in [2.45, 2.75) is 0 Å². The van der Waals surface area contributed by atoms with Gasteiger partial charge in [0.2, 0.25) is 0 Å². The quantitative estimate of drug-likeness (QED) is 0.271. The summed E-state index contributed by atoms with van der Waals surface area (Å²) in [5, 5.41) is 2.49. The lowest BCUT2D eigenvalue weighted by atomic mass is 9.99. The van der Waals surface area contributed by atoms with Crippen molar-refractivity contribution in [1.29, 1.82) is 0 Å². The van der Waals surface area contributed by atoms with Crippen molar-refractivity contribution in [3.63, 3.8) is 0 Å². The standard InChI is InChI=1S/C27H15Cl2N/c28-19-12-18(13-20(29)14-19)16-5-3-6-17(11-16)26-15-24-22-8-2-1-7-21(22)23-9-4-10-25(30-26)27(23)24/h1-15H. The lowest BCUT2D eigenvalue weighted by Gasteiger charge is -2.09. The number of benzene rings is 4. The summed E-state index contributed by atoms with van der Waals surface area (Å²) in [5.74, 6) is 0. The van der Waals surface area contributed by atoms with Crippen LogP contribution in [0.15, 0.2) is 91.0 Å². The Hall–Kier alpha value is -3.13. The molecule has 3 heteroatoms. The third kappa shape index (κ3) is 2.74. The summed E-state index contributed by atoms with van der Waals surface area (Å²) in [4.78, 5) is 5.01. The number of rotatable bonds is 2. The van der Waals surface area contributed by atoms with Crippen LogP contribution in [0.2, 0.25) is 10.0 Å². The van der Waals surface area contributed by atoms with Gasteiger partial charge in [-0.15, -0.1) is 0 Å². The van der Waals surface area contributed by atoms with Crippen LogP contribution in [0.25, 0.3) is 55.5 Å². The van der Waals surface area contributed by atoms with Crippen LogP contribution < -0.4 is 0 Å². The van der Waals surface area contributed by atoms with E-state index in [0.717, 1.165) is 27.9 Å². The van der Waals surface area contributed by atoms with E-state index >= 15 is 0 Å². The Morgan fingerprint density at radius 3 is 1.97 bits per heavy atom. The van der Waals surface area contributed by atoms with Crippen LogP contribution in [0.3, 0.4) is 0 Å². The first-order valence-electron chi connectivity index (χ1n) is 9.78. The molecule has 0 fully saturated rings. The van der Waals surface area contributed by atoms with Crippen LogP contribution in [0.4, 0.5) is 0 Å². The lowest BCUT2D eigenvalue weighted by Crippen LogP contribution is -1.88. The smallest absolute Gasteiger partial charge is 0.0722 e. The van der Waals surface area contributed by atoms with Crippen molar-refractivity contribution in [1.82, 2.24) is 4.98 Å². The van der Waals surface area contributed by atoms with E-state index in [1.165, 1.54) is 27.6 Å². The summed E-state index contributed by atoms with van der Waals surface area (Å²) in [6, 6.07) is 31.1. The molecule has 1 aliphatic rings. The Morgan fingerprint density at radius 1 is 0.500 bits per heavy atom. The maximum Gasteiger partial charge on any atom is 0.0722 e. The number of pyridine rings is 1. The largest absolute Gasteiger partial charge is 0.248 e. The van der Waals surface area contributed by atoms with Gasteiger partial charge in [-0.2, -0.15) is 0 Å². The molecule has 0 unspecified atom stereocenters. The minimum atomic E-state index is 0.629. The monoisotopic (exact) mass is 423 g/mol. The van der Waals surface area contributed by atoms with Crippen molar-refractivity contribution in [2.75, 3.05) is 0 Å². The highest BCUT2D eigenvalue weighted by molar-refractivity contribution is 6.35. The van der Waals surface area contributed by atoms with Crippen molar-refractivity contribution < 1.29 is 0 Å². The first-order valence-corrected chi connectivity index (χ1v) is 10.5. The molecule has 142 valence electrons. The molecule has 1 heterocycles. The van der Waals surface area contributed by atoms with Crippen LogP contribution in [0, 0.1) is 0 Å². The van der Waals surface area contributed by atoms with Gasteiger partial charge in [0.25, 0.3) is 0 Å². The second kappa shape index (κ2) is 6.70. The van der Waals surface area contributed by atoms with Crippen molar-refractivity contribution in [3.8, 4) is 44.6 Å². The fourth-order valence-electron chi connectivity index (χ4n) is 4.40. The van der Waals surface area contributed by atoms with E-state index in [-0.39, 0.29) is 0 Å². The highest BCUT2D eigenvalue weighted by atomic mass is 35.5. The minimum Gasteiger partial charge on any atom is -0.248 e. The van der Waals surface area contributed by atoms with Crippen LogP contribution in [0.1, 0.15) is 0 Å². The number of aromatic nitrogens is 1. The molecule has 0 spiro atoms. The van der Waals surface area contributed by atoms with Gasteiger partial charge in [-0.3, -0.25) is 0 Å². The SMILES string of the molecule is Clc1cc(Cl)cc(-c2cccc(-c3cc4c5c(cccc5n3)-c3ccccc3-4)c2)c1. The number of nitrogens with zero attached hydrogens (tertiary/aromatic N) is 1. The first-order chi connectivity index (χ1) is 14.7. The predicted molar refractivity (Wildman–Crippen MR) is 127 cm³/mol. The lowest BCUT2D eigenvalue weighted by molar-refractivity contribution is 1.40. The molecule has 5 aromatic rings. The number of hydrogen-bond donors (Lipinski definition) is 0. The van der Waals surface area contributed by atoms with E-state index in [1.54, 1.807) is 6.07 Å². The number of fused-ring (bicyclic) bond motifs is 3. The maximum absolute atomic E-state index is 6.22. The first kappa shape index (κ1) is 17.7. The van der Waals surface area contributed by atoms with E-state index in [0.29, 0.717) is 10.0 Å². The van der Waals surface area contributed by atoms with Gasteiger partial charge < -0.3 is 0 Å². The zero-order valence-corrected chi connectivity index (χ0v) is 17.4. The van der Waals surface area contributed by atoms with E-state index < -0.39 is 0 Å². The van der Waals surface area contributed by atoms with Gasteiger partial charge in [0.15, 0.2) is 0 Å². The Bertz CT molecular complexity index is 1450. The minimum absolute atomic E-state index is 0.629. The molecular weight excluding hydrogens is 409 g/mol. The fraction of sp³-hybridized carbons (Fsp3) is 0. The van der Waals surface area contributed by atoms with Gasteiger partial charge in [-0.05, 0) is 69.8 Å². The molecule has 0 aliphatic heterocycles. The average Bonchev–Trinajstić information content (AvgIpc) is 3.09. The molecule has 1 aliphatic carbocycles. The van der Waals surface area contributed by atoms with Crippen LogP contribution >= 0.6 is 23.2 Å². The van der Waals surface area contributed by atoms with Gasteiger partial charge in [-0.25, -0.2) is 4.98 Å². The van der Waals surface area contributed by atoms with Gasteiger partial charge >= 0.3 is 0 Å². The summed E-state index contributed by atoms with van der Waals surface area (Å²) in [6.07, 6.45) is 0. The zero-order valence-electron chi connectivity index (χ0n) is 15.9. The molecule has 0 atom stereocenters. The Kier molecular flexibility index (Phi) is 3.95. The molecule has 6 rings (SSSR count). The Labute approximate surface area is 184 Å². The second-order valence-corrected chi connectivity index (χ2v) is 8.41. The average molecular weight is 424 g/mol. The van der Waals surface area contributed by atoms with E-state index in [2.05, 4.69) is 72.8 Å². The third-order valence-electron chi connectivity index (χ3n) is 5.70. The van der Waals surface area contributed by atoms with Crippen LogP contribution in [0.5, 0.6) is 0 Å². The van der Waals surface area contributed by atoms with Gasteiger partial charge in [0, 0.05) is 21.0 Å². The summed E-state index contributed by atoms with van der Waals surface area (Å²) in [7, 11) is 0. The summed E-state index contributed by atoms with van der Waals surface area (Å²) in [5.41, 5.74) is 10.2. The van der Waals surface area contributed by atoms with Crippen LogP contribution in [-0.4, -0.2) is 4.98 Å². The molecule has 0 saturated heterocycles. The highest BCUT2D eigenvalue weighted by Crippen LogP contribution is 2.47. The molecule has 30 heavy (non-hydrogen) atoms. The Balaban J connectivity index is 1.55. The van der Waals surface area contributed by atoms with Gasteiger partial charge in [0.1, 0.15) is 0 Å². The van der Waals surface area contributed by atoms with Crippen molar-refractivity contribution >= 4 is 34.1 Å². The molecule has 0 amide bonds. The molecule has 0 N–H and O–H groups in total. The summed E-state index contributed by atoms with van der Waals surface area (Å²) >= 11 is 12.4. The van der Waals surface area contributed by atoms with Gasteiger partial charge in [0.05, 0.1) is 11.2 Å². The molecule has 0 saturated carbocycles. The van der Waals surface area contributed by atoms with Crippen molar-refractivity contribution in [3.05, 3.63) is 101 Å². The van der Waals surface area contributed by atoms with Crippen LogP contribution in [-0.2, 0) is 0 Å². The molecule has 0 radical (unpaired) electrons. The predicted octanol–water partition coefficient (Wildman–Crippen LogP) is 8.52. The molecule has 0 bridgehead atoms. The van der Waals surface area contributed by atoms with E-state index in [9.17, 15) is 0 Å².